The van der Waals surface area contributed by atoms with Gasteiger partial charge in [0.2, 0.25) is 0 Å². The number of carbonyl (C=O) groups is 2. The topological polar surface area (TPSA) is 90.4 Å². The molecule has 6 nitrogen and oxygen atoms in total. The number of nitrogens with zero attached hydrogens (tertiary/aromatic N) is 1. The minimum Gasteiger partial charge on any atom is -0.452 e. The van der Waals surface area contributed by atoms with Gasteiger partial charge < -0.3 is 4.74 Å². The van der Waals surface area contributed by atoms with Crippen LogP contribution in [0.4, 0.5) is 0 Å². The molecule has 2 aromatic carbocycles. The molecule has 0 spiro atoms. The zero-order valence-electron chi connectivity index (χ0n) is 18.0. The quantitative estimate of drug-likeness (QED) is 0.176. The van der Waals surface area contributed by atoms with Crippen LogP contribution in [0.1, 0.15) is 41.3 Å². The monoisotopic (exact) mass is 463 g/mol. The average molecular weight is 464 g/mol. The first kappa shape index (κ1) is 24.1. The fraction of sp³-hybridized carbons (Fsp3) is 0.192. The molecule has 2 unspecified atom stereocenters. The number of allylic oxidation sites excluding steroid dienone is 2. The second-order valence-corrected chi connectivity index (χ2v) is 9.54. The van der Waals surface area contributed by atoms with E-state index in [-0.39, 0.29) is 11.3 Å². The molecule has 2 atom stereocenters. The molecule has 0 N–H and O–H groups in total. The first-order valence-electron chi connectivity index (χ1n) is 10.6. The predicted octanol–water partition coefficient (Wildman–Crippen LogP) is 4.75. The number of rotatable bonds is 11. The van der Waals surface area contributed by atoms with Crippen molar-refractivity contribution in [3.8, 4) is 0 Å². The van der Waals surface area contributed by atoms with Crippen molar-refractivity contribution in [2.24, 2.45) is 0 Å². The fourth-order valence-electron chi connectivity index (χ4n) is 3.50. The summed E-state index contributed by atoms with van der Waals surface area (Å²) < 4.78 is 33.2. The van der Waals surface area contributed by atoms with Crippen LogP contribution < -0.4 is 0 Å². The summed E-state index contributed by atoms with van der Waals surface area (Å²) in [7, 11) is -3.87. The zero-order chi connectivity index (χ0) is 23.5. The number of aromatic nitrogens is 1. The van der Waals surface area contributed by atoms with Crippen molar-refractivity contribution in [2.45, 2.75) is 35.5 Å². The van der Waals surface area contributed by atoms with Gasteiger partial charge in [-0.2, -0.15) is 0 Å². The van der Waals surface area contributed by atoms with E-state index in [9.17, 15) is 18.0 Å². The van der Waals surface area contributed by atoms with Crippen LogP contribution in [0.2, 0.25) is 0 Å². The maximum Gasteiger partial charge on any atom is 0.338 e. The third-order valence-electron chi connectivity index (χ3n) is 5.14. The summed E-state index contributed by atoms with van der Waals surface area (Å²) in [5, 5.41) is -1.04. The van der Waals surface area contributed by atoms with E-state index in [0.29, 0.717) is 30.3 Å². The van der Waals surface area contributed by atoms with E-state index < -0.39 is 27.2 Å². The molecule has 0 aliphatic carbocycles. The largest absolute Gasteiger partial charge is 0.452 e. The van der Waals surface area contributed by atoms with Crippen LogP contribution >= 0.6 is 0 Å². The lowest BCUT2D eigenvalue weighted by Gasteiger charge is -2.27. The third kappa shape index (κ3) is 6.46. The van der Waals surface area contributed by atoms with Gasteiger partial charge in [-0.05, 0) is 55.7 Å². The fourth-order valence-corrected chi connectivity index (χ4v) is 5.40. The average Bonchev–Trinajstić information content (AvgIpc) is 2.86. The molecule has 1 heterocycles. The molecule has 0 saturated heterocycles. The molecular weight excluding hydrogens is 438 g/mol. The van der Waals surface area contributed by atoms with Gasteiger partial charge in [-0.1, -0.05) is 48.5 Å². The van der Waals surface area contributed by atoms with Crippen molar-refractivity contribution < 1.29 is 22.7 Å². The van der Waals surface area contributed by atoms with E-state index in [1.54, 1.807) is 72.9 Å². The van der Waals surface area contributed by atoms with E-state index in [1.807, 2.05) is 0 Å². The molecule has 0 aliphatic rings. The first-order chi connectivity index (χ1) is 16.0. The Bertz CT molecular complexity index is 1160. The standard InChI is InChI=1S/C26H25NO5S/c28-19-10-2-1-9-17-24(33(30,31)23-15-7-4-8-16-23)25(22-14-11-18-27-20-22)32-26(29)21-12-5-3-6-13-21/h2-8,10-16,18-20,24-25H,1,9,17H2/b10-2+. The second kappa shape index (κ2) is 11.9. The Kier molecular flexibility index (Phi) is 8.66. The Balaban J connectivity index is 2.01. The van der Waals surface area contributed by atoms with Crippen molar-refractivity contribution in [3.05, 3.63) is 108 Å². The molecule has 170 valence electrons. The Hall–Kier alpha value is -3.58. The molecule has 3 aromatic rings. The molecule has 1 aromatic heterocycles. The molecule has 0 aliphatic heterocycles. The van der Waals surface area contributed by atoms with E-state index >= 15 is 0 Å². The number of esters is 1. The number of benzene rings is 2. The summed E-state index contributed by atoms with van der Waals surface area (Å²) in [6, 6.07) is 20.0. The maximum atomic E-state index is 13.7. The smallest absolute Gasteiger partial charge is 0.338 e. The highest BCUT2D eigenvalue weighted by Gasteiger charge is 2.38. The van der Waals surface area contributed by atoms with Crippen molar-refractivity contribution in [1.82, 2.24) is 4.98 Å². The van der Waals surface area contributed by atoms with Gasteiger partial charge in [0.05, 0.1) is 10.5 Å². The van der Waals surface area contributed by atoms with Gasteiger partial charge in [0.25, 0.3) is 0 Å². The third-order valence-corrected chi connectivity index (χ3v) is 7.35. The normalized spacial score (nSPS) is 13.3. The number of unbranched alkanes of at least 4 members (excludes halogenated alkanes) is 1. The Morgan fingerprint density at radius 3 is 2.30 bits per heavy atom. The number of sulfone groups is 1. The van der Waals surface area contributed by atoms with E-state index in [2.05, 4.69) is 4.98 Å². The molecule has 0 fully saturated rings. The highest BCUT2D eigenvalue weighted by Crippen LogP contribution is 2.34. The minimum absolute atomic E-state index is 0.156. The molecule has 0 bridgehead atoms. The number of aldehydes is 1. The molecule has 7 heteroatoms. The highest BCUT2D eigenvalue weighted by molar-refractivity contribution is 7.92. The molecule has 0 amide bonds. The lowest BCUT2D eigenvalue weighted by Crippen LogP contribution is -2.32. The summed E-state index contributed by atoms with van der Waals surface area (Å²) in [4.78, 5) is 27.7. The summed E-state index contributed by atoms with van der Waals surface area (Å²) in [5.41, 5.74) is 0.825. The van der Waals surface area contributed by atoms with Crippen LogP contribution in [0.15, 0.2) is 102 Å². The zero-order valence-corrected chi connectivity index (χ0v) is 18.8. The summed E-state index contributed by atoms with van der Waals surface area (Å²) in [6.07, 6.45) is 7.01. The van der Waals surface area contributed by atoms with Gasteiger partial charge >= 0.3 is 5.97 Å². The van der Waals surface area contributed by atoms with Gasteiger partial charge in [0, 0.05) is 18.0 Å². The van der Waals surface area contributed by atoms with Gasteiger partial charge in [0.15, 0.2) is 9.84 Å². The van der Waals surface area contributed by atoms with Crippen LogP contribution in [0.3, 0.4) is 0 Å². The summed E-state index contributed by atoms with van der Waals surface area (Å²) in [6.45, 7) is 0. The highest BCUT2D eigenvalue weighted by atomic mass is 32.2. The molecule has 33 heavy (non-hydrogen) atoms. The molecule has 0 saturated carbocycles. The van der Waals surface area contributed by atoms with Crippen molar-refractivity contribution in [2.75, 3.05) is 0 Å². The number of hydrogen-bond acceptors (Lipinski definition) is 6. The van der Waals surface area contributed by atoms with Crippen LogP contribution in [0, 0.1) is 0 Å². The predicted molar refractivity (Wildman–Crippen MR) is 125 cm³/mol. The minimum atomic E-state index is -3.87. The first-order valence-corrected chi connectivity index (χ1v) is 12.1. The van der Waals surface area contributed by atoms with Gasteiger partial charge in [0.1, 0.15) is 17.6 Å². The number of ether oxygens (including phenoxy) is 1. The van der Waals surface area contributed by atoms with Gasteiger partial charge in [-0.15, -0.1) is 0 Å². The second-order valence-electron chi connectivity index (χ2n) is 7.37. The lowest BCUT2D eigenvalue weighted by molar-refractivity contribution is -0.104. The molecular formula is C26H25NO5S. The Labute approximate surface area is 193 Å². The van der Waals surface area contributed by atoms with E-state index in [4.69, 9.17) is 4.74 Å². The summed E-state index contributed by atoms with van der Waals surface area (Å²) in [5.74, 6) is -0.612. The van der Waals surface area contributed by atoms with Crippen molar-refractivity contribution in [1.29, 1.82) is 0 Å². The van der Waals surface area contributed by atoms with E-state index in [0.717, 1.165) is 0 Å². The van der Waals surface area contributed by atoms with Crippen LogP contribution in [0.5, 0.6) is 0 Å². The van der Waals surface area contributed by atoms with Crippen molar-refractivity contribution in [3.63, 3.8) is 0 Å². The van der Waals surface area contributed by atoms with Gasteiger partial charge in [-0.3, -0.25) is 9.78 Å². The number of hydrogen-bond donors (Lipinski definition) is 0. The van der Waals surface area contributed by atoms with Crippen LogP contribution in [-0.2, 0) is 19.4 Å². The Morgan fingerprint density at radius 2 is 1.67 bits per heavy atom. The maximum absolute atomic E-state index is 13.7. The van der Waals surface area contributed by atoms with Crippen LogP contribution in [-0.4, -0.2) is 30.9 Å². The number of pyridine rings is 1. The lowest BCUT2D eigenvalue weighted by atomic mass is 10.0. The Morgan fingerprint density at radius 1 is 0.970 bits per heavy atom. The number of carbonyl (C=O) groups excluding carboxylic acids is 2. The molecule has 3 rings (SSSR count). The van der Waals surface area contributed by atoms with Crippen molar-refractivity contribution >= 4 is 22.1 Å². The summed E-state index contributed by atoms with van der Waals surface area (Å²) >= 11 is 0. The van der Waals surface area contributed by atoms with Gasteiger partial charge in [-0.25, -0.2) is 13.2 Å². The van der Waals surface area contributed by atoms with E-state index in [1.165, 1.54) is 24.4 Å². The van der Waals surface area contributed by atoms with Crippen LogP contribution in [0.25, 0.3) is 0 Å². The molecule has 0 radical (unpaired) electrons. The SMILES string of the molecule is O=C/C=C/CCCC(C(OC(=O)c1ccccc1)c1cccnc1)S(=O)(=O)c1ccccc1.